The fourth-order valence-electron chi connectivity index (χ4n) is 2.30. The highest BCUT2D eigenvalue weighted by Gasteiger charge is 2.19. The summed E-state index contributed by atoms with van der Waals surface area (Å²) in [7, 11) is 0. The van der Waals surface area contributed by atoms with E-state index in [4.69, 9.17) is 21.4 Å². The Labute approximate surface area is 161 Å². The number of nitrogens with zero attached hydrogens (tertiary/aromatic N) is 2. The first-order chi connectivity index (χ1) is 12.3. The molecule has 0 aliphatic rings. The number of benzene rings is 1. The molecule has 0 spiro atoms. The number of carboxylic acids is 1. The highest BCUT2D eigenvalue weighted by atomic mass is 35.5. The molecule has 1 amide bonds. The lowest BCUT2D eigenvalue weighted by Gasteiger charge is -2.22. The summed E-state index contributed by atoms with van der Waals surface area (Å²) in [4.78, 5) is 29.1. The number of hydrogen-bond donors (Lipinski definition) is 1. The Morgan fingerprint density at radius 1 is 1.31 bits per heavy atom. The van der Waals surface area contributed by atoms with Crippen LogP contribution in [0.2, 0.25) is 5.02 Å². The van der Waals surface area contributed by atoms with Crippen LogP contribution in [0.1, 0.15) is 24.5 Å². The third-order valence-corrected chi connectivity index (χ3v) is 4.50. The topological polar surface area (TPSA) is 79.7 Å². The quantitative estimate of drug-likeness (QED) is 0.701. The third kappa shape index (κ3) is 6.65. The molecule has 6 nitrogen and oxygen atoms in total. The minimum absolute atomic E-state index is 0.0808. The van der Waals surface area contributed by atoms with Gasteiger partial charge in [-0.15, -0.1) is 11.3 Å². The van der Waals surface area contributed by atoms with E-state index >= 15 is 0 Å². The summed E-state index contributed by atoms with van der Waals surface area (Å²) in [5.74, 6) is -0.380. The number of amides is 1. The second kappa shape index (κ2) is 9.54. The van der Waals surface area contributed by atoms with Gasteiger partial charge in [0.15, 0.2) is 0 Å². The van der Waals surface area contributed by atoms with Crippen molar-refractivity contribution in [3.8, 4) is 5.75 Å². The van der Waals surface area contributed by atoms with Crippen molar-refractivity contribution in [3.05, 3.63) is 45.4 Å². The van der Waals surface area contributed by atoms with Gasteiger partial charge in [-0.3, -0.25) is 9.59 Å². The summed E-state index contributed by atoms with van der Waals surface area (Å²) in [5.41, 5.74) is 0.619. The van der Waals surface area contributed by atoms with Gasteiger partial charge in [-0.05, 0) is 30.2 Å². The summed E-state index contributed by atoms with van der Waals surface area (Å²) in [6, 6.07) is 7.04. The molecule has 1 aromatic heterocycles. The monoisotopic (exact) mass is 396 g/mol. The molecule has 2 aromatic rings. The smallest absolute Gasteiger partial charge is 0.323 e. The second-order valence-corrected chi connectivity index (χ2v) is 7.59. The van der Waals surface area contributed by atoms with Crippen molar-refractivity contribution in [3.63, 3.8) is 0 Å². The maximum absolute atomic E-state index is 12.4. The lowest BCUT2D eigenvalue weighted by molar-refractivity contribution is -0.144. The van der Waals surface area contributed by atoms with Crippen LogP contribution in [0.25, 0.3) is 0 Å². The molecule has 1 aromatic carbocycles. The van der Waals surface area contributed by atoms with Crippen LogP contribution in [0.5, 0.6) is 5.75 Å². The van der Waals surface area contributed by atoms with Crippen molar-refractivity contribution in [1.82, 2.24) is 9.88 Å². The van der Waals surface area contributed by atoms with Gasteiger partial charge in [0.1, 0.15) is 23.9 Å². The molecule has 1 heterocycles. The molecule has 0 fully saturated rings. The van der Waals surface area contributed by atoms with Crippen LogP contribution in [0, 0.1) is 5.92 Å². The third-order valence-electron chi connectivity index (χ3n) is 3.37. The SMILES string of the molecule is CC(C)CN(CC(=O)O)C(=O)Cc1csc(COc2ccc(Cl)cc2)n1. The molecule has 8 heteroatoms. The van der Waals surface area contributed by atoms with Gasteiger partial charge in [0.25, 0.3) is 0 Å². The normalized spacial score (nSPS) is 10.8. The second-order valence-electron chi connectivity index (χ2n) is 6.21. The zero-order chi connectivity index (χ0) is 19.1. The fourth-order valence-corrected chi connectivity index (χ4v) is 3.13. The Kier molecular flexibility index (Phi) is 7.41. The minimum Gasteiger partial charge on any atom is -0.486 e. The van der Waals surface area contributed by atoms with E-state index < -0.39 is 5.97 Å². The maximum Gasteiger partial charge on any atom is 0.323 e. The average Bonchev–Trinajstić information content (AvgIpc) is 3.00. The predicted molar refractivity (Wildman–Crippen MR) is 101 cm³/mol. The van der Waals surface area contributed by atoms with E-state index in [0.29, 0.717) is 29.6 Å². The molecule has 0 atom stereocenters. The zero-order valence-corrected chi connectivity index (χ0v) is 16.2. The largest absolute Gasteiger partial charge is 0.486 e. The number of carbonyl (C=O) groups excluding carboxylic acids is 1. The number of carbonyl (C=O) groups is 2. The van der Waals surface area contributed by atoms with Crippen LogP contribution in [0.15, 0.2) is 29.6 Å². The molecule has 0 unspecified atom stereocenters. The number of halogens is 1. The van der Waals surface area contributed by atoms with Crippen molar-refractivity contribution >= 4 is 34.8 Å². The number of hydrogen-bond acceptors (Lipinski definition) is 5. The van der Waals surface area contributed by atoms with Gasteiger partial charge < -0.3 is 14.7 Å². The Morgan fingerprint density at radius 2 is 2.00 bits per heavy atom. The van der Waals surface area contributed by atoms with Gasteiger partial charge in [0, 0.05) is 16.9 Å². The molecule has 0 saturated heterocycles. The number of rotatable bonds is 9. The van der Waals surface area contributed by atoms with Crippen molar-refractivity contribution in [2.24, 2.45) is 5.92 Å². The molecular formula is C18H21ClN2O4S. The predicted octanol–water partition coefficient (Wildman–Crippen LogP) is 3.49. The molecule has 1 N–H and O–H groups in total. The average molecular weight is 397 g/mol. The molecule has 0 aliphatic heterocycles. The van der Waals surface area contributed by atoms with Crippen LogP contribution < -0.4 is 4.74 Å². The van der Waals surface area contributed by atoms with E-state index in [9.17, 15) is 9.59 Å². The van der Waals surface area contributed by atoms with E-state index in [2.05, 4.69) is 4.98 Å². The standard InChI is InChI=1S/C18H21ClN2O4S/c1-12(2)8-21(9-18(23)24)17(22)7-14-11-26-16(20-14)10-25-15-5-3-13(19)4-6-15/h3-6,11-12H,7-10H2,1-2H3,(H,23,24). The van der Waals surface area contributed by atoms with E-state index in [1.807, 2.05) is 13.8 Å². The van der Waals surface area contributed by atoms with Gasteiger partial charge >= 0.3 is 5.97 Å². The lowest BCUT2D eigenvalue weighted by atomic mass is 10.2. The Balaban J connectivity index is 1.92. The Bertz CT molecular complexity index is 746. The van der Waals surface area contributed by atoms with Gasteiger partial charge in [0.05, 0.1) is 12.1 Å². The van der Waals surface area contributed by atoms with Gasteiger partial charge in [-0.2, -0.15) is 0 Å². The van der Waals surface area contributed by atoms with Crippen LogP contribution in [0.4, 0.5) is 0 Å². The molecule has 0 saturated carbocycles. The van der Waals surface area contributed by atoms with Crippen molar-refractivity contribution in [2.45, 2.75) is 26.9 Å². The summed E-state index contributed by atoms with van der Waals surface area (Å²) < 4.78 is 5.63. The summed E-state index contributed by atoms with van der Waals surface area (Å²) in [6.45, 7) is 4.29. The molecule has 0 bridgehead atoms. The van der Waals surface area contributed by atoms with Gasteiger partial charge in [-0.1, -0.05) is 25.4 Å². The number of carboxylic acid groups (broad SMARTS) is 1. The van der Waals surface area contributed by atoms with E-state index in [1.165, 1.54) is 16.2 Å². The lowest BCUT2D eigenvalue weighted by Crippen LogP contribution is -2.39. The first-order valence-electron chi connectivity index (χ1n) is 8.14. The van der Waals surface area contributed by atoms with Gasteiger partial charge in [-0.25, -0.2) is 4.98 Å². The molecule has 2 rings (SSSR count). The van der Waals surface area contributed by atoms with Crippen molar-refractivity contribution in [1.29, 1.82) is 0 Å². The van der Waals surface area contributed by atoms with Crippen molar-refractivity contribution < 1.29 is 19.4 Å². The summed E-state index contributed by atoms with van der Waals surface area (Å²) in [5, 5.41) is 12.2. The zero-order valence-electron chi connectivity index (χ0n) is 14.6. The Hall–Kier alpha value is -2.12. The van der Waals surface area contributed by atoms with Crippen LogP contribution in [-0.4, -0.2) is 40.0 Å². The number of thiazole rings is 1. The number of aromatic nitrogens is 1. The number of aliphatic carboxylic acids is 1. The summed E-state index contributed by atoms with van der Waals surface area (Å²) in [6.07, 6.45) is 0.0808. The summed E-state index contributed by atoms with van der Waals surface area (Å²) >= 11 is 7.23. The minimum atomic E-state index is -1.02. The molecule has 0 radical (unpaired) electrons. The molecule has 26 heavy (non-hydrogen) atoms. The number of ether oxygens (including phenoxy) is 1. The maximum atomic E-state index is 12.4. The van der Waals surface area contributed by atoms with E-state index in [1.54, 1.807) is 29.6 Å². The van der Waals surface area contributed by atoms with E-state index in [0.717, 1.165) is 5.01 Å². The fraction of sp³-hybridized carbons (Fsp3) is 0.389. The van der Waals surface area contributed by atoms with Crippen LogP contribution in [0.3, 0.4) is 0 Å². The van der Waals surface area contributed by atoms with Gasteiger partial charge in [0.2, 0.25) is 5.91 Å². The van der Waals surface area contributed by atoms with Crippen molar-refractivity contribution in [2.75, 3.05) is 13.1 Å². The highest BCUT2D eigenvalue weighted by Crippen LogP contribution is 2.18. The first kappa shape index (κ1) is 20.2. The van der Waals surface area contributed by atoms with Crippen LogP contribution in [-0.2, 0) is 22.6 Å². The molecule has 0 aliphatic carbocycles. The first-order valence-corrected chi connectivity index (χ1v) is 9.40. The van der Waals surface area contributed by atoms with E-state index in [-0.39, 0.29) is 24.8 Å². The molecular weight excluding hydrogens is 376 g/mol. The Morgan fingerprint density at radius 3 is 2.62 bits per heavy atom. The molecule has 140 valence electrons. The highest BCUT2D eigenvalue weighted by molar-refractivity contribution is 7.09. The van der Waals surface area contributed by atoms with Crippen LogP contribution >= 0.6 is 22.9 Å².